The molecule has 82 valence electrons. The van der Waals surface area contributed by atoms with Crippen LogP contribution in [0.25, 0.3) is 0 Å². The maximum absolute atomic E-state index is 8.99. The minimum Gasteiger partial charge on any atom is -0.463 e. The summed E-state index contributed by atoms with van der Waals surface area (Å²) in [5.74, 6) is 0.237. The van der Waals surface area contributed by atoms with Crippen molar-refractivity contribution in [3.63, 3.8) is 0 Å². The third-order valence-electron chi connectivity index (χ3n) is 2.44. The van der Waals surface area contributed by atoms with Crippen LogP contribution >= 0.6 is 0 Å². The zero-order valence-corrected chi connectivity index (χ0v) is 9.06. The van der Waals surface area contributed by atoms with Crippen LogP contribution in [0.5, 0.6) is 5.75 Å². The molecule has 1 atom stereocenters. The van der Waals surface area contributed by atoms with Crippen LogP contribution in [0.3, 0.4) is 0 Å². The summed E-state index contributed by atoms with van der Waals surface area (Å²) in [7, 11) is 0. The largest absolute Gasteiger partial charge is 0.463 e. The zero-order valence-electron chi connectivity index (χ0n) is 9.06. The van der Waals surface area contributed by atoms with Crippen molar-refractivity contribution >= 4 is 0 Å². The van der Waals surface area contributed by atoms with Gasteiger partial charge in [-0.05, 0) is 6.07 Å². The molecule has 0 amide bonds. The molecule has 0 saturated heterocycles. The maximum atomic E-state index is 8.99. The smallest absolute Gasteiger partial charge is 0.205 e. The third kappa shape index (κ3) is 2.13. The summed E-state index contributed by atoms with van der Waals surface area (Å²) in [6.45, 7) is 3.88. The van der Waals surface area contributed by atoms with Gasteiger partial charge in [0.05, 0.1) is 6.10 Å². The van der Waals surface area contributed by atoms with Crippen LogP contribution in [0.2, 0.25) is 0 Å². The number of aliphatic hydroxyl groups excluding tert-OH is 1. The van der Waals surface area contributed by atoms with Crippen LogP contribution in [0, 0.1) is 0 Å². The molecule has 0 saturated carbocycles. The first kappa shape index (κ1) is 10.5. The molecule has 0 aliphatic carbocycles. The summed E-state index contributed by atoms with van der Waals surface area (Å²) in [5, 5.41) is 8.99. The SMILES string of the molecule is CC1(C)Oc2ccccc2C(CCO)O1. The van der Waals surface area contributed by atoms with Crippen molar-refractivity contribution in [2.24, 2.45) is 0 Å². The van der Waals surface area contributed by atoms with Gasteiger partial charge in [0.1, 0.15) is 5.75 Å². The second-order valence-corrected chi connectivity index (χ2v) is 4.16. The lowest BCUT2D eigenvalue weighted by molar-refractivity contribution is -0.209. The van der Waals surface area contributed by atoms with Gasteiger partial charge in [0.15, 0.2) is 0 Å². The average molecular weight is 208 g/mol. The Morgan fingerprint density at radius 1 is 1.33 bits per heavy atom. The molecule has 3 heteroatoms. The minimum atomic E-state index is -0.617. The van der Waals surface area contributed by atoms with Gasteiger partial charge >= 0.3 is 0 Å². The van der Waals surface area contributed by atoms with E-state index in [1.165, 1.54) is 0 Å². The Bertz CT molecular complexity index is 346. The van der Waals surface area contributed by atoms with Gasteiger partial charge in [-0.2, -0.15) is 0 Å². The molecular weight excluding hydrogens is 192 g/mol. The summed E-state index contributed by atoms with van der Waals surface area (Å²) in [6.07, 6.45) is 0.527. The van der Waals surface area contributed by atoms with Crippen molar-refractivity contribution in [3.8, 4) is 5.75 Å². The van der Waals surface area contributed by atoms with E-state index in [-0.39, 0.29) is 12.7 Å². The molecule has 0 radical (unpaired) electrons. The Morgan fingerprint density at radius 2 is 2.07 bits per heavy atom. The maximum Gasteiger partial charge on any atom is 0.205 e. The highest BCUT2D eigenvalue weighted by Gasteiger charge is 2.33. The molecule has 1 aliphatic heterocycles. The number of ether oxygens (including phenoxy) is 2. The number of hydrogen-bond acceptors (Lipinski definition) is 3. The van der Waals surface area contributed by atoms with Crippen LogP contribution in [-0.4, -0.2) is 17.5 Å². The van der Waals surface area contributed by atoms with Crippen LogP contribution in [0.15, 0.2) is 24.3 Å². The van der Waals surface area contributed by atoms with Crippen molar-refractivity contribution in [1.29, 1.82) is 0 Å². The molecule has 1 N–H and O–H groups in total. The van der Waals surface area contributed by atoms with Crippen molar-refractivity contribution in [1.82, 2.24) is 0 Å². The molecule has 1 unspecified atom stereocenters. The molecular formula is C12H16O3. The molecule has 0 bridgehead atoms. The van der Waals surface area contributed by atoms with E-state index in [0.29, 0.717) is 6.42 Å². The Balaban J connectivity index is 2.34. The predicted molar refractivity (Wildman–Crippen MR) is 56.7 cm³/mol. The third-order valence-corrected chi connectivity index (χ3v) is 2.44. The fraction of sp³-hybridized carbons (Fsp3) is 0.500. The number of para-hydroxylation sites is 1. The molecule has 0 aromatic heterocycles. The van der Waals surface area contributed by atoms with Crippen LogP contribution in [-0.2, 0) is 4.74 Å². The lowest BCUT2D eigenvalue weighted by Gasteiger charge is -2.37. The Hall–Kier alpha value is -1.06. The lowest BCUT2D eigenvalue weighted by Crippen LogP contribution is -2.37. The molecule has 1 aromatic rings. The fourth-order valence-corrected chi connectivity index (χ4v) is 1.87. The van der Waals surface area contributed by atoms with Gasteiger partial charge < -0.3 is 14.6 Å². The van der Waals surface area contributed by atoms with E-state index in [2.05, 4.69) is 0 Å². The van der Waals surface area contributed by atoms with Gasteiger partial charge in [0.2, 0.25) is 5.79 Å². The predicted octanol–water partition coefficient (Wildman–Crippen LogP) is 2.26. The topological polar surface area (TPSA) is 38.7 Å². The summed E-state index contributed by atoms with van der Waals surface area (Å²) in [5.41, 5.74) is 1.02. The minimum absolute atomic E-state index is 0.0741. The number of aliphatic hydroxyl groups is 1. The van der Waals surface area contributed by atoms with E-state index in [1.54, 1.807) is 0 Å². The summed E-state index contributed by atoms with van der Waals surface area (Å²) in [4.78, 5) is 0. The van der Waals surface area contributed by atoms with Gasteiger partial charge in [-0.3, -0.25) is 0 Å². The van der Waals surface area contributed by atoms with Crippen LogP contribution in [0.4, 0.5) is 0 Å². The molecule has 2 rings (SSSR count). The number of hydrogen-bond donors (Lipinski definition) is 1. The van der Waals surface area contributed by atoms with E-state index >= 15 is 0 Å². The van der Waals surface area contributed by atoms with Gasteiger partial charge in [0.25, 0.3) is 0 Å². The normalized spacial score (nSPS) is 23.0. The van der Waals surface area contributed by atoms with Crippen molar-refractivity contribution in [2.45, 2.75) is 32.2 Å². The summed E-state index contributed by atoms with van der Waals surface area (Å²) in [6, 6.07) is 7.80. The summed E-state index contributed by atoms with van der Waals surface area (Å²) >= 11 is 0. The van der Waals surface area contributed by atoms with E-state index in [9.17, 15) is 0 Å². The first-order chi connectivity index (χ1) is 7.12. The second kappa shape index (κ2) is 3.83. The molecule has 0 fully saturated rings. The molecule has 0 spiro atoms. The molecule has 1 heterocycles. The van der Waals surface area contributed by atoms with Gasteiger partial charge in [-0.25, -0.2) is 0 Å². The molecule has 1 aromatic carbocycles. The van der Waals surface area contributed by atoms with Gasteiger partial charge in [-0.15, -0.1) is 0 Å². The van der Waals surface area contributed by atoms with Crippen molar-refractivity contribution in [2.75, 3.05) is 6.61 Å². The van der Waals surface area contributed by atoms with Crippen molar-refractivity contribution in [3.05, 3.63) is 29.8 Å². The number of benzene rings is 1. The number of rotatable bonds is 2. The highest BCUT2D eigenvalue weighted by atomic mass is 16.7. The van der Waals surface area contributed by atoms with E-state index in [4.69, 9.17) is 14.6 Å². The van der Waals surface area contributed by atoms with Crippen LogP contribution < -0.4 is 4.74 Å². The van der Waals surface area contributed by atoms with Crippen LogP contribution in [0.1, 0.15) is 31.9 Å². The van der Waals surface area contributed by atoms with E-state index in [0.717, 1.165) is 11.3 Å². The van der Waals surface area contributed by atoms with Gasteiger partial charge in [0, 0.05) is 32.4 Å². The highest BCUT2D eigenvalue weighted by molar-refractivity contribution is 5.36. The fourth-order valence-electron chi connectivity index (χ4n) is 1.87. The Morgan fingerprint density at radius 3 is 2.80 bits per heavy atom. The lowest BCUT2D eigenvalue weighted by atomic mass is 10.0. The average Bonchev–Trinajstić information content (AvgIpc) is 2.16. The van der Waals surface area contributed by atoms with E-state index < -0.39 is 5.79 Å². The van der Waals surface area contributed by atoms with Crippen molar-refractivity contribution < 1.29 is 14.6 Å². The summed E-state index contributed by atoms with van der Waals surface area (Å²) < 4.78 is 11.5. The standard InChI is InChI=1S/C12H16O3/c1-12(2)14-10-6-4-3-5-9(10)11(15-12)7-8-13/h3-6,11,13H,7-8H2,1-2H3. The van der Waals surface area contributed by atoms with E-state index in [1.807, 2.05) is 38.1 Å². The first-order valence-electron chi connectivity index (χ1n) is 5.19. The molecule has 15 heavy (non-hydrogen) atoms. The second-order valence-electron chi connectivity index (χ2n) is 4.16. The Kier molecular flexibility index (Phi) is 2.67. The van der Waals surface area contributed by atoms with Gasteiger partial charge in [-0.1, -0.05) is 18.2 Å². The zero-order chi connectivity index (χ0) is 10.9. The number of fused-ring (bicyclic) bond motifs is 1. The first-order valence-corrected chi connectivity index (χ1v) is 5.19. The molecule has 1 aliphatic rings. The monoisotopic (exact) mass is 208 g/mol. The quantitative estimate of drug-likeness (QED) is 0.810. The highest BCUT2D eigenvalue weighted by Crippen LogP contribution is 2.39. The Labute approximate surface area is 89.6 Å². The molecule has 3 nitrogen and oxygen atoms in total.